The minimum atomic E-state index is -0.594. The number of benzene rings is 3. The highest BCUT2D eigenvalue weighted by molar-refractivity contribution is 5.91. The summed E-state index contributed by atoms with van der Waals surface area (Å²) in [4.78, 5) is 34.0. The third-order valence-electron chi connectivity index (χ3n) is 5.40. The summed E-state index contributed by atoms with van der Waals surface area (Å²) in [7, 11) is 0. The molecule has 8 nitrogen and oxygen atoms in total. The number of nitrogens with zero attached hydrogens (tertiary/aromatic N) is 1. The van der Waals surface area contributed by atoms with E-state index >= 15 is 0 Å². The SMILES string of the molecule is CC(=O)Nc1ccc(C#CCNC(=O)OCC2c3ccccc3-c3ccccc32)cc1[N+](=O)[O-]. The zero-order valence-electron chi connectivity index (χ0n) is 18.3. The molecule has 0 spiro atoms. The van der Waals surface area contributed by atoms with E-state index in [1.54, 1.807) is 6.07 Å². The van der Waals surface area contributed by atoms with Crippen LogP contribution >= 0.6 is 0 Å². The lowest BCUT2D eigenvalue weighted by Crippen LogP contribution is -2.26. The maximum absolute atomic E-state index is 12.2. The van der Waals surface area contributed by atoms with Crippen LogP contribution in [0.1, 0.15) is 29.5 Å². The normalized spacial score (nSPS) is 11.4. The Balaban J connectivity index is 1.34. The third kappa shape index (κ3) is 4.89. The molecule has 1 aliphatic rings. The minimum Gasteiger partial charge on any atom is -0.449 e. The van der Waals surface area contributed by atoms with Crippen LogP contribution in [0.25, 0.3) is 11.1 Å². The summed E-state index contributed by atoms with van der Waals surface area (Å²) in [5, 5.41) is 16.2. The first-order valence-electron chi connectivity index (χ1n) is 10.6. The molecule has 0 saturated carbocycles. The fourth-order valence-corrected chi connectivity index (χ4v) is 3.97. The van der Waals surface area contributed by atoms with Gasteiger partial charge in [-0.15, -0.1) is 0 Å². The molecule has 34 heavy (non-hydrogen) atoms. The van der Waals surface area contributed by atoms with Crippen LogP contribution in [-0.2, 0) is 9.53 Å². The topological polar surface area (TPSA) is 111 Å². The summed E-state index contributed by atoms with van der Waals surface area (Å²) in [6.45, 7) is 1.48. The second kappa shape index (κ2) is 9.88. The van der Waals surface area contributed by atoms with E-state index in [-0.39, 0.29) is 30.4 Å². The van der Waals surface area contributed by atoms with Gasteiger partial charge in [-0.2, -0.15) is 0 Å². The van der Waals surface area contributed by atoms with Gasteiger partial charge in [0.25, 0.3) is 5.69 Å². The van der Waals surface area contributed by atoms with Crippen molar-refractivity contribution in [2.24, 2.45) is 0 Å². The molecule has 0 radical (unpaired) electrons. The average molecular weight is 455 g/mol. The smallest absolute Gasteiger partial charge is 0.407 e. The van der Waals surface area contributed by atoms with Gasteiger partial charge in [0, 0.05) is 24.5 Å². The van der Waals surface area contributed by atoms with E-state index in [4.69, 9.17) is 4.74 Å². The fourth-order valence-electron chi connectivity index (χ4n) is 3.97. The Hall–Kier alpha value is -4.64. The zero-order chi connectivity index (χ0) is 24.1. The van der Waals surface area contributed by atoms with E-state index in [0.29, 0.717) is 5.56 Å². The van der Waals surface area contributed by atoms with Crippen molar-refractivity contribution in [2.75, 3.05) is 18.5 Å². The number of hydrogen-bond donors (Lipinski definition) is 2. The van der Waals surface area contributed by atoms with Crippen molar-refractivity contribution in [3.8, 4) is 23.0 Å². The van der Waals surface area contributed by atoms with E-state index in [9.17, 15) is 19.7 Å². The first-order chi connectivity index (χ1) is 16.4. The summed E-state index contributed by atoms with van der Waals surface area (Å²) in [6.07, 6.45) is -0.594. The van der Waals surface area contributed by atoms with Crippen LogP contribution in [0, 0.1) is 22.0 Å². The molecule has 0 bridgehead atoms. The zero-order valence-corrected chi connectivity index (χ0v) is 18.3. The first-order valence-corrected chi connectivity index (χ1v) is 10.6. The lowest BCUT2D eigenvalue weighted by Gasteiger charge is -2.14. The van der Waals surface area contributed by atoms with Crippen LogP contribution in [0.15, 0.2) is 66.7 Å². The summed E-state index contributed by atoms with van der Waals surface area (Å²) in [6, 6.07) is 20.4. The molecule has 2 amide bonds. The number of ether oxygens (including phenoxy) is 1. The van der Waals surface area contributed by atoms with Crippen LogP contribution in [0.2, 0.25) is 0 Å². The molecular formula is C26H21N3O5. The molecule has 4 rings (SSSR count). The van der Waals surface area contributed by atoms with E-state index < -0.39 is 16.9 Å². The van der Waals surface area contributed by atoms with Gasteiger partial charge in [0.05, 0.1) is 11.5 Å². The fraction of sp³-hybridized carbons (Fsp3) is 0.154. The van der Waals surface area contributed by atoms with E-state index in [1.807, 2.05) is 36.4 Å². The van der Waals surface area contributed by atoms with Gasteiger partial charge < -0.3 is 15.4 Å². The van der Waals surface area contributed by atoms with E-state index in [1.165, 1.54) is 19.1 Å². The maximum atomic E-state index is 12.2. The van der Waals surface area contributed by atoms with Gasteiger partial charge in [0.15, 0.2) is 0 Å². The molecule has 0 heterocycles. The molecular weight excluding hydrogens is 434 g/mol. The predicted octanol–water partition coefficient (Wildman–Crippen LogP) is 4.44. The molecule has 3 aromatic carbocycles. The first kappa shape index (κ1) is 22.6. The minimum absolute atomic E-state index is 0.0118. The Bertz CT molecular complexity index is 1290. The number of nitro groups is 1. The van der Waals surface area contributed by atoms with Crippen LogP contribution in [0.5, 0.6) is 0 Å². The van der Waals surface area contributed by atoms with Crippen LogP contribution in [0.4, 0.5) is 16.2 Å². The van der Waals surface area contributed by atoms with E-state index in [0.717, 1.165) is 22.3 Å². The monoisotopic (exact) mass is 455 g/mol. The van der Waals surface area contributed by atoms with Crippen LogP contribution in [-0.4, -0.2) is 30.1 Å². The van der Waals surface area contributed by atoms with Gasteiger partial charge in [0.2, 0.25) is 5.91 Å². The summed E-state index contributed by atoms with van der Waals surface area (Å²) >= 11 is 0. The largest absolute Gasteiger partial charge is 0.449 e. The van der Waals surface area contributed by atoms with Gasteiger partial charge >= 0.3 is 6.09 Å². The summed E-state index contributed by atoms with van der Waals surface area (Å²) in [5.41, 5.74) is 4.77. The number of carbonyl (C=O) groups is 2. The van der Waals surface area contributed by atoms with Crippen molar-refractivity contribution in [1.29, 1.82) is 0 Å². The standard InChI is InChI=1S/C26H21N3O5/c1-17(30)28-24-13-12-18(15-25(24)29(32)33)7-6-14-27-26(31)34-16-23-21-10-4-2-8-19(21)20-9-3-5-11-22(20)23/h2-5,8-13,15,23H,14,16H2,1H3,(H,27,31)(H,28,30). The molecule has 1 aliphatic carbocycles. The number of nitro benzene ring substituents is 1. The van der Waals surface area contributed by atoms with Gasteiger partial charge in [0.1, 0.15) is 12.3 Å². The number of fused-ring (bicyclic) bond motifs is 3. The van der Waals surface area contributed by atoms with Crippen LogP contribution < -0.4 is 10.6 Å². The average Bonchev–Trinajstić information content (AvgIpc) is 3.14. The summed E-state index contributed by atoms with van der Waals surface area (Å²) in [5.74, 6) is 5.06. The Morgan fingerprint density at radius 3 is 2.29 bits per heavy atom. The number of amides is 2. The number of alkyl carbamates (subject to hydrolysis) is 1. The lowest BCUT2D eigenvalue weighted by atomic mass is 9.98. The van der Waals surface area contributed by atoms with Crippen molar-refractivity contribution in [1.82, 2.24) is 5.32 Å². The third-order valence-corrected chi connectivity index (χ3v) is 5.40. The number of anilines is 1. The summed E-state index contributed by atoms with van der Waals surface area (Å²) < 4.78 is 5.45. The lowest BCUT2D eigenvalue weighted by molar-refractivity contribution is -0.383. The van der Waals surface area contributed by atoms with Crippen molar-refractivity contribution in [3.05, 3.63) is 93.5 Å². The number of hydrogen-bond acceptors (Lipinski definition) is 5. The van der Waals surface area contributed by atoms with Gasteiger partial charge in [-0.3, -0.25) is 14.9 Å². The highest BCUT2D eigenvalue weighted by Crippen LogP contribution is 2.44. The molecule has 0 fully saturated rings. The highest BCUT2D eigenvalue weighted by Gasteiger charge is 2.28. The van der Waals surface area contributed by atoms with Crippen molar-refractivity contribution in [3.63, 3.8) is 0 Å². The Morgan fingerprint density at radius 2 is 1.68 bits per heavy atom. The van der Waals surface area contributed by atoms with Gasteiger partial charge in [-0.1, -0.05) is 60.4 Å². The van der Waals surface area contributed by atoms with Crippen molar-refractivity contribution in [2.45, 2.75) is 12.8 Å². The van der Waals surface area contributed by atoms with Gasteiger partial charge in [-0.25, -0.2) is 4.79 Å². The quantitative estimate of drug-likeness (QED) is 0.336. The van der Waals surface area contributed by atoms with Crippen molar-refractivity contribution >= 4 is 23.4 Å². The second-order valence-electron chi connectivity index (χ2n) is 7.65. The molecule has 0 saturated heterocycles. The Kier molecular flexibility index (Phi) is 6.55. The Morgan fingerprint density at radius 1 is 1.03 bits per heavy atom. The maximum Gasteiger partial charge on any atom is 0.407 e. The molecule has 2 N–H and O–H groups in total. The second-order valence-corrected chi connectivity index (χ2v) is 7.65. The molecule has 0 unspecified atom stereocenters. The van der Waals surface area contributed by atoms with Crippen LogP contribution in [0.3, 0.4) is 0 Å². The number of rotatable bonds is 5. The molecule has 0 aliphatic heterocycles. The molecule has 3 aromatic rings. The molecule has 8 heteroatoms. The molecule has 0 atom stereocenters. The van der Waals surface area contributed by atoms with E-state index in [2.05, 4.69) is 34.6 Å². The Labute approximate surface area is 196 Å². The number of carbonyl (C=O) groups excluding carboxylic acids is 2. The highest BCUT2D eigenvalue weighted by atomic mass is 16.6. The predicted molar refractivity (Wildman–Crippen MR) is 127 cm³/mol. The molecule has 170 valence electrons. The van der Waals surface area contributed by atoms with Gasteiger partial charge in [-0.05, 0) is 34.4 Å². The van der Waals surface area contributed by atoms with Crippen molar-refractivity contribution < 1.29 is 19.2 Å². The number of nitrogens with one attached hydrogen (secondary N) is 2. The molecule has 0 aromatic heterocycles.